The number of nitrogens with one attached hydrogen (secondary N) is 1. The number of hydrogen-bond donors (Lipinski definition) is 2. The van der Waals surface area contributed by atoms with Gasteiger partial charge in [-0.3, -0.25) is 4.79 Å². The Bertz CT molecular complexity index is 481. The van der Waals surface area contributed by atoms with Gasteiger partial charge in [0.1, 0.15) is 0 Å². The minimum atomic E-state index is 0.221. The lowest BCUT2D eigenvalue weighted by Gasteiger charge is -2.22. The number of thiazole rings is 1. The normalized spacial score (nSPS) is 25.8. The molecule has 2 aliphatic heterocycles. The predicted molar refractivity (Wildman–Crippen MR) is 79.7 cm³/mol. The molecule has 1 aromatic rings. The van der Waals surface area contributed by atoms with Crippen LogP contribution in [0.15, 0.2) is 5.38 Å². The first-order valence-electron chi connectivity index (χ1n) is 7.33. The quantitative estimate of drug-likeness (QED) is 0.843. The van der Waals surface area contributed by atoms with Gasteiger partial charge in [0, 0.05) is 36.9 Å². The van der Waals surface area contributed by atoms with Gasteiger partial charge in [-0.25, -0.2) is 4.98 Å². The van der Waals surface area contributed by atoms with Crippen molar-refractivity contribution >= 4 is 17.2 Å². The van der Waals surface area contributed by atoms with Crippen molar-refractivity contribution in [3.05, 3.63) is 16.1 Å². The Morgan fingerprint density at radius 2 is 2.45 bits per heavy atom. The first-order valence-corrected chi connectivity index (χ1v) is 8.21. The summed E-state index contributed by atoms with van der Waals surface area (Å²) in [6, 6.07) is 0. The largest absolute Gasteiger partial charge is 0.342 e. The molecule has 1 spiro atoms. The summed E-state index contributed by atoms with van der Waals surface area (Å²) >= 11 is 1.61. The third-order valence-electron chi connectivity index (χ3n) is 4.41. The van der Waals surface area contributed by atoms with Crippen molar-refractivity contribution in [3.8, 4) is 0 Å². The van der Waals surface area contributed by atoms with Gasteiger partial charge in [0.25, 0.3) is 0 Å². The second kappa shape index (κ2) is 5.79. The summed E-state index contributed by atoms with van der Waals surface area (Å²) in [6.45, 7) is 4.59. The van der Waals surface area contributed by atoms with Crippen LogP contribution in [0.3, 0.4) is 0 Å². The molecular weight excluding hydrogens is 272 g/mol. The molecule has 1 amide bonds. The Morgan fingerprint density at radius 3 is 3.20 bits per heavy atom. The lowest BCUT2D eigenvalue weighted by atomic mass is 9.86. The number of carbonyl (C=O) groups excluding carboxylic acids is 1. The van der Waals surface area contributed by atoms with E-state index in [-0.39, 0.29) is 5.91 Å². The van der Waals surface area contributed by atoms with Gasteiger partial charge in [0.15, 0.2) is 0 Å². The molecule has 1 unspecified atom stereocenters. The topological polar surface area (TPSA) is 71.2 Å². The van der Waals surface area contributed by atoms with Crippen LogP contribution in [0.25, 0.3) is 0 Å². The fourth-order valence-corrected chi connectivity index (χ4v) is 4.04. The monoisotopic (exact) mass is 294 g/mol. The first kappa shape index (κ1) is 14.0. The fraction of sp³-hybridized carbons (Fsp3) is 0.714. The Kier molecular flexibility index (Phi) is 4.05. The van der Waals surface area contributed by atoms with E-state index >= 15 is 0 Å². The molecule has 6 heteroatoms. The molecule has 1 atom stereocenters. The standard InChI is InChI=1S/C14H22N4OS/c15-4-1-12-17-11(8-20-12)7-13(19)18-6-3-14(10-18)2-5-16-9-14/h8,16H,1-7,9-10,15H2. The Morgan fingerprint density at radius 1 is 1.55 bits per heavy atom. The van der Waals surface area contributed by atoms with Gasteiger partial charge in [0.05, 0.1) is 17.1 Å². The van der Waals surface area contributed by atoms with Crippen molar-refractivity contribution in [2.75, 3.05) is 32.7 Å². The van der Waals surface area contributed by atoms with Crippen LogP contribution < -0.4 is 11.1 Å². The van der Waals surface area contributed by atoms with E-state index in [1.165, 1.54) is 6.42 Å². The van der Waals surface area contributed by atoms with Gasteiger partial charge >= 0.3 is 0 Å². The lowest BCUT2D eigenvalue weighted by Crippen LogP contribution is -2.34. The smallest absolute Gasteiger partial charge is 0.228 e. The molecule has 2 saturated heterocycles. The highest BCUT2D eigenvalue weighted by Crippen LogP contribution is 2.36. The third-order valence-corrected chi connectivity index (χ3v) is 5.37. The van der Waals surface area contributed by atoms with Crippen LogP contribution >= 0.6 is 11.3 Å². The maximum absolute atomic E-state index is 12.4. The van der Waals surface area contributed by atoms with E-state index in [4.69, 9.17) is 5.73 Å². The highest BCUT2D eigenvalue weighted by Gasteiger charge is 2.41. The average Bonchev–Trinajstić information content (AvgIpc) is 3.14. The number of carbonyl (C=O) groups is 1. The second-order valence-corrected chi connectivity index (χ2v) is 6.88. The van der Waals surface area contributed by atoms with E-state index in [0.29, 0.717) is 18.4 Å². The number of amides is 1. The van der Waals surface area contributed by atoms with Crippen LogP contribution in [0.4, 0.5) is 0 Å². The van der Waals surface area contributed by atoms with Gasteiger partial charge in [0.2, 0.25) is 5.91 Å². The molecule has 3 heterocycles. The van der Waals surface area contributed by atoms with Crippen LogP contribution in [0.5, 0.6) is 0 Å². The van der Waals surface area contributed by atoms with Gasteiger partial charge in [-0.1, -0.05) is 0 Å². The number of nitrogens with zero attached hydrogens (tertiary/aromatic N) is 2. The van der Waals surface area contributed by atoms with Gasteiger partial charge < -0.3 is 16.0 Å². The number of aromatic nitrogens is 1. The number of likely N-dealkylation sites (tertiary alicyclic amines) is 1. The highest BCUT2D eigenvalue weighted by atomic mass is 32.1. The molecular formula is C14H22N4OS. The van der Waals surface area contributed by atoms with Crippen molar-refractivity contribution in [1.29, 1.82) is 0 Å². The average molecular weight is 294 g/mol. The highest BCUT2D eigenvalue weighted by molar-refractivity contribution is 7.09. The lowest BCUT2D eigenvalue weighted by molar-refractivity contribution is -0.129. The maximum atomic E-state index is 12.4. The van der Waals surface area contributed by atoms with E-state index in [1.807, 2.05) is 10.3 Å². The Balaban J connectivity index is 1.56. The molecule has 5 nitrogen and oxygen atoms in total. The fourth-order valence-electron chi connectivity index (χ4n) is 3.23. The van der Waals surface area contributed by atoms with E-state index in [2.05, 4.69) is 10.3 Å². The summed E-state index contributed by atoms with van der Waals surface area (Å²) in [5.41, 5.74) is 6.77. The zero-order valence-electron chi connectivity index (χ0n) is 11.7. The molecule has 0 saturated carbocycles. The third kappa shape index (κ3) is 2.87. The van der Waals surface area contributed by atoms with E-state index < -0.39 is 0 Å². The van der Waals surface area contributed by atoms with Crippen molar-refractivity contribution in [3.63, 3.8) is 0 Å². The van der Waals surface area contributed by atoms with Crippen LogP contribution in [0.1, 0.15) is 23.5 Å². The molecule has 0 aromatic carbocycles. The zero-order valence-corrected chi connectivity index (χ0v) is 12.5. The molecule has 1 aromatic heterocycles. The van der Waals surface area contributed by atoms with Crippen molar-refractivity contribution < 1.29 is 4.79 Å². The van der Waals surface area contributed by atoms with Crippen LogP contribution in [-0.2, 0) is 17.6 Å². The van der Waals surface area contributed by atoms with Crippen LogP contribution in [-0.4, -0.2) is 48.5 Å². The Hall–Kier alpha value is -0.980. The van der Waals surface area contributed by atoms with Crippen molar-refractivity contribution in [2.24, 2.45) is 11.1 Å². The minimum Gasteiger partial charge on any atom is -0.342 e. The van der Waals surface area contributed by atoms with Crippen molar-refractivity contribution in [2.45, 2.75) is 25.7 Å². The Labute approximate surface area is 123 Å². The van der Waals surface area contributed by atoms with Gasteiger partial charge in [-0.2, -0.15) is 0 Å². The van der Waals surface area contributed by atoms with E-state index in [9.17, 15) is 4.79 Å². The van der Waals surface area contributed by atoms with E-state index in [0.717, 1.165) is 49.7 Å². The summed E-state index contributed by atoms with van der Waals surface area (Å²) in [5, 5.41) is 6.45. The summed E-state index contributed by atoms with van der Waals surface area (Å²) in [5.74, 6) is 0.221. The predicted octanol–water partition coefficient (Wildman–Crippen LogP) is 0.399. The number of rotatable bonds is 4. The summed E-state index contributed by atoms with van der Waals surface area (Å²) in [4.78, 5) is 18.9. The summed E-state index contributed by atoms with van der Waals surface area (Å²) < 4.78 is 0. The molecule has 20 heavy (non-hydrogen) atoms. The minimum absolute atomic E-state index is 0.221. The molecule has 3 N–H and O–H groups in total. The second-order valence-electron chi connectivity index (χ2n) is 5.94. The first-order chi connectivity index (χ1) is 9.71. The number of nitrogens with two attached hydrogens (primary N) is 1. The summed E-state index contributed by atoms with van der Waals surface area (Å²) in [7, 11) is 0. The molecule has 2 aliphatic rings. The maximum Gasteiger partial charge on any atom is 0.228 e. The van der Waals surface area contributed by atoms with Gasteiger partial charge in [-0.05, 0) is 25.9 Å². The molecule has 0 aliphatic carbocycles. The molecule has 2 fully saturated rings. The van der Waals surface area contributed by atoms with Crippen LogP contribution in [0, 0.1) is 5.41 Å². The molecule has 0 bridgehead atoms. The molecule has 3 rings (SSSR count). The number of hydrogen-bond acceptors (Lipinski definition) is 5. The van der Waals surface area contributed by atoms with Crippen molar-refractivity contribution in [1.82, 2.24) is 15.2 Å². The van der Waals surface area contributed by atoms with Crippen LogP contribution in [0.2, 0.25) is 0 Å². The molecule has 110 valence electrons. The van der Waals surface area contributed by atoms with Gasteiger partial charge in [-0.15, -0.1) is 11.3 Å². The molecule has 0 radical (unpaired) electrons. The summed E-state index contributed by atoms with van der Waals surface area (Å²) in [6.07, 6.45) is 3.58. The SMILES string of the molecule is NCCc1nc(CC(=O)N2CCC3(CCNC3)C2)cs1. The zero-order chi connectivity index (χ0) is 14.0. The van der Waals surface area contributed by atoms with E-state index in [1.54, 1.807) is 11.3 Å².